The minimum atomic E-state index is 0.519. The highest BCUT2D eigenvalue weighted by molar-refractivity contribution is 5.43. The molecular weight excluding hydrogens is 394 g/mol. The van der Waals surface area contributed by atoms with E-state index in [4.69, 9.17) is 9.47 Å². The molecule has 4 aromatic carbocycles. The molecule has 0 bridgehead atoms. The molecule has 4 rings (SSSR count). The van der Waals surface area contributed by atoms with Crippen LogP contribution in [0.5, 0.6) is 11.5 Å². The third-order valence-electron chi connectivity index (χ3n) is 5.37. The van der Waals surface area contributed by atoms with Crippen LogP contribution in [0.25, 0.3) is 0 Å². The number of nitrogens with zero attached hydrogens (tertiary/aromatic N) is 1. The Hall–Kier alpha value is -3.56. The van der Waals surface area contributed by atoms with Gasteiger partial charge in [0.25, 0.3) is 0 Å². The van der Waals surface area contributed by atoms with Crippen molar-refractivity contribution in [2.24, 2.45) is 0 Å². The minimum absolute atomic E-state index is 0.519. The van der Waals surface area contributed by atoms with Gasteiger partial charge < -0.3 is 9.47 Å². The van der Waals surface area contributed by atoms with Crippen LogP contribution >= 0.6 is 0 Å². The summed E-state index contributed by atoms with van der Waals surface area (Å²) in [5.41, 5.74) is 4.94. The highest BCUT2D eigenvalue weighted by Gasteiger charge is 2.12. The van der Waals surface area contributed by atoms with Crippen LogP contribution in [0.1, 0.15) is 22.3 Å². The Labute approximate surface area is 190 Å². The first kappa shape index (κ1) is 21.7. The second kappa shape index (κ2) is 11.2. The standard InChI is InChI=1S/C29H29NO2/c1-31-29-19-27(17-18-28(29)32-23-26-15-9-4-10-16-26)22-30(20-24-11-5-2-6-12-24)21-25-13-7-3-8-14-25/h2-19H,20-23H2,1H3. The lowest BCUT2D eigenvalue weighted by atomic mass is 10.1. The van der Waals surface area contributed by atoms with Gasteiger partial charge in [0.05, 0.1) is 7.11 Å². The molecule has 162 valence electrons. The zero-order valence-corrected chi connectivity index (χ0v) is 18.5. The van der Waals surface area contributed by atoms with Gasteiger partial charge >= 0.3 is 0 Å². The molecule has 4 aromatic rings. The molecule has 0 aliphatic heterocycles. The first-order valence-corrected chi connectivity index (χ1v) is 10.9. The van der Waals surface area contributed by atoms with Crippen LogP contribution in [-0.4, -0.2) is 12.0 Å². The number of rotatable bonds is 10. The van der Waals surface area contributed by atoms with E-state index in [1.165, 1.54) is 16.7 Å². The second-order valence-electron chi connectivity index (χ2n) is 7.88. The molecule has 0 atom stereocenters. The summed E-state index contributed by atoms with van der Waals surface area (Å²) in [7, 11) is 1.69. The van der Waals surface area contributed by atoms with Crippen molar-refractivity contribution in [1.29, 1.82) is 0 Å². The summed E-state index contributed by atoms with van der Waals surface area (Å²) in [6, 6.07) is 37.6. The lowest BCUT2D eigenvalue weighted by Crippen LogP contribution is -2.22. The van der Waals surface area contributed by atoms with Crippen LogP contribution in [0.3, 0.4) is 0 Å². The molecule has 0 unspecified atom stereocenters. The van der Waals surface area contributed by atoms with Crippen molar-refractivity contribution in [3.8, 4) is 11.5 Å². The Kier molecular flexibility index (Phi) is 7.56. The molecule has 32 heavy (non-hydrogen) atoms. The lowest BCUT2D eigenvalue weighted by molar-refractivity contribution is 0.246. The largest absolute Gasteiger partial charge is 0.493 e. The van der Waals surface area contributed by atoms with Gasteiger partial charge in [-0.1, -0.05) is 97.1 Å². The Bertz CT molecular complexity index is 1040. The monoisotopic (exact) mass is 423 g/mol. The van der Waals surface area contributed by atoms with E-state index in [1.807, 2.05) is 24.3 Å². The molecule has 3 nitrogen and oxygen atoms in total. The van der Waals surface area contributed by atoms with E-state index in [-0.39, 0.29) is 0 Å². The number of benzene rings is 4. The van der Waals surface area contributed by atoms with Crippen LogP contribution in [0.2, 0.25) is 0 Å². The molecule has 0 aromatic heterocycles. The topological polar surface area (TPSA) is 21.7 Å². The number of ether oxygens (including phenoxy) is 2. The fourth-order valence-corrected chi connectivity index (χ4v) is 3.77. The van der Waals surface area contributed by atoms with Crippen molar-refractivity contribution < 1.29 is 9.47 Å². The van der Waals surface area contributed by atoms with Crippen LogP contribution in [0.4, 0.5) is 0 Å². The number of methoxy groups -OCH3 is 1. The summed E-state index contributed by atoms with van der Waals surface area (Å²) in [4.78, 5) is 2.45. The summed E-state index contributed by atoms with van der Waals surface area (Å²) >= 11 is 0. The molecule has 0 fully saturated rings. The maximum absolute atomic E-state index is 6.03. The van der Waals surface area contributed by atoms with Crippen molar-refractivity contribution in [1.82, 2.24) is 4.90 Å². The second-order valence-corrected chi connectivity index (χ2v) is 7.88. The Morgan fingerprint density at radius 2 is 1.03 bits per heavy atom. The molecule has 0 saturated carbocycles. The summed E-state index contributed by atoms with van der Waals surface area (Å²) < 4.78 is 11.7. The average Bonchev–Trinajstić information content (AvgIpc) is 2.85. The first-order chi connectivity index (χ1) is 15.8. The van der Waals surface area contributed by atoms with Crippen molar-refractivity contribution in [3.63, 3.8) is 0 Å². The van der Waals surface area contributed by atoms with Crippen LogP contribution in [0, 0.1) is 0 Å². The molecule has 0 radical (unpaired) electrons. The van der Waals surface area contributed by atoms with E-state index in [2.05, 4.69) is 89.8 Å². The summed E-state index contributed by atoms with van der Waals surface area (Å²) in [5, 5.41) is 0. The third-order valence-corrected chi connectivity index (χ3v) is 5.37. The zero-order chi connectivity index (χ0) is 22.0. The summed E-state index contributed by atoms with van der Waals surface area (Å²) in [6.45, 7) is 3.10. The SMILES string of the molecule is COc1cc(CN(Cc2ccccc2)Cc2ccccc2)ccc1OCc1ccccc1. The van der Waals surface area contributed by atoms with Crippen LogP contribution < -0.4 is 9.47 Å². The predicted molar refractivity (Wildman–Crippen MR) is 130 cm³/mol. The molecule has 0 amide bonds. The predicted octanol–water partition coefficient (Wildman–Crippen LogP) is 6.48. The molecule has 0 heterocycles. The number of hydrogen-bond acceptors (Lipinski definition) is 3. The van der Waals surface area contributed by atoms with Crippen molar-refractivity contribution in [2.45, 2.75) is 26.2 Å². The first-order valence-electron chi connectivity index (χ1n) is 10.9. The van der Waals surface area contributed by atoms with Gasteiger partial charge in [0.15, 0.2) is 11.5 Å². The molecular formula is C29H29NO2. The highest BCUT2D eigenvalue weighted by Crippen LogP contribution is 2.30. The van der Waals surface area contributed by atoms with Gasteiger partial charge in [-0.05, 0) is 34.4 Å². The molecule has 0 N–H and O–H groups in total. The van der Waals surface area contributed by atoms with Crippen LogP contribution in [0.15, 0.2) is 109 Å². The molecule has 3 heteroatoms. The van der Waals surface area contributed by atoms with E-state index in [1.54, 1.807) is 7.11 Å². The fourth-order valence-electron chi connectivity index (χ4n) is 3.77. The average molecular weight is 424 g/mol. The Balaban J connectivity index is 1.49. The van der Waals surface area contributed by atoms with E-state index in [9.17, 15) is 0 Å². The summed E-state index contributed by atoms with van der Waals surface area (Å²) in [6.07, 6.45) is 0. The van der Waals surface area contributed by atoms with Gasteiger partial charge in [-0.3, -0.25) is 4.90 Å². The minimum Gasteiger partial charge on any atom is -0.493 e. The maximum atomic E-state index is 6.03. The molecule has 0 aliphatic carbocycles. The van der Waals surface area contributed by atoms with Gasteiger partial charge in [0.1, 0.15) is 6.61 Å². The maximum Gasteiger partial charge on any atom is 0.161 e. The molecule has 0 spiro atoms. The quantitative estimate of drug-likeness (QED) is 0.291. The Morgan fingerprint density at radius 3 is 1.56 bits per heavy atom. The van der Waals surface area contributed by atoms with E-state index >= 15 is 0 Å². The van der Waals surface area contributed by atoms with E-state index < -0.39 is 0 Å². The van der Waals surface area contributed by atoms with E-state index in [0.29, 0.717) is 6.61 Å². The van der Waals surface area contributed by atoms with Gasteiger partial charge in [-0.25, -0.2) is 0 Å². The highest BCUT2D eigenvalue weighted by atomic mass is 16.5. The molecule has 0 saturated heterocycles. The molecule has 0 aliphatic rings. The summed E-state index contributed by atoms with van der Waals surface area (Å²) in [5.74, 6) is 1.52. The van der Waals surface area contributed by atoms with Crippen molar-refractivity contribution in [3.05, 3.63) is 131 Å². The van der Waals surface area contributed by atoms with Crippen molar-refractivity contribution >= 4 is 0 Å². The smallest absolute Gasteiger partial charge is 0.161 e. The van der Waals surface area contributed by atoms with E-state index in [0.717, 1.165) is 36.7 Å². The van der Waals surface area contributed by atoms with Crippen LogP contribution in [-0.2, 0) is 26.2 Å². The Morgan fingerprint density at radius 1 is 0.531 bits per heavy atom. The van der Waals surface area contributed by atoms with Crippen molar-refractivity contribution in [2.75, 3.05) is 7.11 Å². The normalized spacial score (nSPS) is 10.8. The zero-order valence-electron chi connectivity index (χ0n) is 18.5. The van der Waals surface area contributed by atoms with Gasteiger partial charge in [0.2, 0.25) is 0 Å². The van der Waals surface area contributed by atoms with Gasteiger partial charge in [0, 0.05) is 19.6 Å². The fraction of sp³-hybridized carbons (Fsp3) is 0.172. The number of hydrogen-bond donors (Lipinski definition) is 0. The third kappa shape index (κ3) is 6.22. The van der Waals surface area contributed by atoms with Gasteiger partial charge in [-0.15, -0.1) is 0 Å². The van der Waals surface area contributed by atoms with Gasteiger partial charge in [-0.2, -0.15) is 0 Å². The lowest BCUT2D eigenvalue weighted by Gasteiger charge is -2.23.